The molecular weight excluding hydrogens is 302 g/mol. The molecule has 1 heteroatoms. The van der Waals surface area contributed by atoms with E-state index in [0.29, 0.717) is 0 Å². The molecule has 0 aromatic carbocycles. The molecule has 25 heavy (non-hydrogen) atoms. The third-order valence-corrected chi connectivity index (χ3v) is 8.64. The normalized spacial score (nSPS) is 42.7. The molecule has 0 aromatic heterocycles. The molecule has 3 fully saturated rings. The highest BCUT2D eigenvalue weighted by Gasteiger charge is 2.38. The van der Waals surface area contributed by atoms with Crippen molar-refractivity contribution in [1.29, 1.82) is 5.26 Å². The second kappa shape index (κ2) is 8.92. The fraction of sp³-hybridized carbons (Fsp3) is 0.958. The van der Waals surface area contributed by atoms with Crippen LogP contribution in [0, 0.1) is 46.3 Å². The lowest BCUT2D eigenvalue weighted by Gasteiger charge is -2.42. The number of nitriles is 1. The molecule has 3 aliphatic carbocycles. The van der Waals surface area contributed by atoms with E-state index < -0.39 is 0 Å². The van der Waals surface area contributed by atoms with E-state index in [1.165, 1.54) is 89.9 Å². The molecule has 3 aliphatic rings. The zero-order valence-electron chi connectivity index (χ0n) is 16.9. The van der Waals surface area contributed by atoms with E-state index in [1.54, 1.807) is 0 Å². The molecule has 0 N–H and O–H groups in total. The summed E-state index contributed by atoms with van der Waals surface area (Å²) in [6.07, 6.45) is 21.1. The van der Waals surface area contributed by atoms with Crippen LogP contribution in [-0.2, 0) is 0 Å². The molecule has 0 heterocycles. The molecular formula is C24H41N. The Bertz CT molecular complexity index is 424. The maximum Gasteiger partial charge on any atom is 0.0689 e. The lowest BCUT2D eigenvalue weighted by molar-refractivity contribution is 0.0918. The van der Waals surface area contributed by atoms with Crippen LogP contribution in [0.5, 0.6) is 0 Å². The molecule has 0 radical (unpaired) electrons. The fourth-order valence-electron chi connectivity index (χ4n) is 6.65. The Labute approximate surface area is 157 Å². The summed E-state index contributed by atoms with van der Waals surface area (Å²) in [6.45, 7) is 4.56. The maximum atomic E-state index is 9.52. The molecule has 0 spiro atoms. The van der Waals surface area contributed by atoms with Crippen LogP contribution in [0.2, 0.25) is 0 Å². The summed E-state index contributed by atoms with van der Waals surface area (Å²) in [5, 5.41) is 9.52. The second-order valence-corrected chi connectivity index (χ2v) is 9.83. The number of nitrogens with zero attached hydrogens (tertiary/aromatic N) is 1. The predicted octanol–water partition coefficient (Wildman–Crippen LogP) is 7.51. The van der Waals surface area contributed by atoms with Gasteiger partial charge >= 0.3 is 0 Å². The van der Waals surface area contributed by atoms with Crippen molar-refractivity contribution in [3.63, 3.8) is 0 Å². The van der Waals surface area contributed by atoms with Crippen LogP contribution in [-0.4, -0.2) is 0 Å². The van der Waals surface area contributed by atoms with E-state index in [9.17, 15) is 5.26 Å². The van der Waals surface area contributed by atoms with Crippen molar-refractivity contribution in [2.24, 2.45) is 35.0 Å². The quantitative estimate of drug-likeness (QED) is 0.506. The van der Waals surface area contributed by atoms with Crippen LogP contribution >= 0.6 is 0 Å². The topological polar surface area (TPSA) is 23.8 Å². The van der Waals surface area contributed by atoms with Crippen LogP contribution < -0.4 is 0 Å². The van der Waals surface area contributed by atoms with Crippen molar-refractivity contribution in [3.05, 3.63) is 0 Å². The Kier molecular flexibility index (Phi) is 6.87. The molecule has 1 nitrogen and oxygen atoms in total. The number of hydrogen-bond acceptors (Lipinski definition) is 1. The summed E-state index contributed by atoms with van der Waals surface area (Å²) in [6, 6.07) is 2.65. The highest BCUT2D eigenvalue weighted by atomic mass is 14.4. The Hall–Kier alpha value is -0.510. The minimum atomic E-state index is 0.0326. The van der Waals surface area contributed by atoms with Crippen LogP contribution in [0.1, 0.15) is 110 Å². The van der Waals surface area contributed by atoms with Gasteiger partial charge in [-0.2, -0.15) is 5.26 Å². The standard InChI is InChI=1S/C24H41N/c1-3-5-19-6-8-20(9-7-19)21-10-12-22(13-11-21)23-14-16-24(4-2,18-25)17-15-23/h19-23H,3-17H2,1-2H3. The third kappa shape index (κ3) is 4.61. The lowest BCUT2D eigenvalue weighted by atomic mass is 9.62. The minimum Gasteiger partial charge on any atom is -0.198 e. The van der Waals surface area contributed by atoms with Gasteiger partial charge in [0.25, 0.3) is 0 Å². The first kappa shape index (κ1) is 19.3. The van der Waals surface area contributed by atoms with Gasteiger partial charge < -0.3 is 0 Å². The zero-order valence-corrected chi connectivity index (χ0v) is 16.9. The van der Waals surface area contributed by atoms with Gasteiger partial charge in [-0.1, -0.05) is 39.5 Å². The van der Waals surface area contributed by atoms with E-state index in [0.717, 1.165) is 36.0 Å². The van der Waals surface area contributed by atoms with Gasteiger partial charge in [0, 0.05) is 0 Å². The molecule has 0 atom stereocenters. The van der Waals surface area contributed by atoms with E-state index in [1.807, 2.05) is 0 Å². The Balaban J connectivity index is 1.40. The summed E-state index contributed by atoms with van der Waals surface area (Å²) in [4.78, 5) is 0. The molecule has 0 aliphatic heterocycles. The van der Waals surface area contributed by atoms with Crippen LogP contribution in [0.15, 0.2) is 0 Å². The SMILES string of the molecule is CCCC1CCC(C2CCC(C3CCC(C#N)(CC)CC3)CC2)CC1. The molecule has 3 rings (SSSR count). The van der Waals surface area contributed by atoms with Gasteiger partial charge in [-0.25, -0.2) is 0 Å². The molecule has 0 amide bonds. The first-order valence-corrected chi connectivity index (χ1v) is 11.6. The van der Waals surface area contributed by atoms with Gasteiger partial charge in [0.2, 0.25) is 0 Å². The Morgan fingerprint density at radius 3 is 1.56 bits per heavy atom. The van der Waals surface area contributed by atoms with Gasteiger partial charge in [-0.3, -0.25) is 0 Å². The summed E-state index contributed by atoms with van der Waals surface area (Å²) < 4.78 is 0. The van der Waals surface area contributed by atoms with Gasteiger partial charge in [0.05, 0.1) is 11.5 Å². The van der Waals surface area contributed by atoms with Crippen LogP contribution in [0.3, 0.4) is 0 Å². The Morgan fingerprint density at radius 2 is 1.16 bits per heavy atom. The van der Waals surface area contributed by atoms with Crippen LogP contribution in [0.25, 0.3) is 0 Å². The van der Waals surface area contributed by atoms with Crippen molar-refractivity contribution < 1.29 is 0 Å². The second-order valence-electron chi connectivity index (χ2n) is 9.83. The van der Waals surface area contributed by atoms with Crippen molar-refractivity contribution in [2.75, 3.05) is 0 Å². The van der Waals surface area contributed by atoms with Gasteiger partial charge in [0.1, 0.15) is 0 Å². The summed E-state index contributed by atoms with van der Waals surface area (Å²) in [5.41, 5.74) is 0.0326. The summed E-state index contributed by atoms with van der Waals surface area (Å²) in [5.74, 6) is 5.09. The molecule has 0 bridgehead atoms. The average molecular weight is 344 g/mol. The smallest absolute Gasteiger partial charge is 0.0689 e. The first-order valence-electron chi connectivity index (χ1n) is 11.6. The third-order valence-electron chi connectivity index (χ3n) is 8.64. The molecule has 3 saturated carbocycles. The first-order chi connectivity index (χ1) is 12.2. The highest BCUT2D eigenvalue weighted by Crippen LogP contribution is 2.49. The van der Waals surface area contributed by atoms with E-state index in [2.05, 4.69) is 19.9 Å². The van der Waals surface area contributed by atoms with Crippen molar-refractivity contribution in [1.82, 2.24) is 0 Å². The van der Waals surface area contributed by atoms with Crippen molar-refractivity contribution in [3.8, 4) is 6.07 Å². The lowest BCUT2D eigenvalue weighted by Crippen LogP contribution is -2.32. The minimum absolute atomic E-state index is 0.0326. The fourth-order valence-corrected chi connectivity index (χ4v) is 6.65. The van der Waals surface area contributed by atoms with Crippen LogP contribution in [0.4, 0.5) is 0 Å². The molecule has 0 unspecified atom stereocenters. The molecule has 0 saturated heterocycles. The number of rotatable bonds is 5. The van der Waals surface area contributed by atoms with E-state index >= 15 is 0 Å². The Morgan fingerprint density at radius 1 is 0.720 bits per heavy atom. The molecule has 142 valence electrons. The maximum absolute atomic E-state index is 9.52. The highest BCUT2D eigenvalue weighted by molar-refractivity contribution is 5.01. The summed E-state index contributed by atoms with van der Waals surface area (Å²) in [7, 11) is 0. The average Bonchev–Trinajstić information content (AvgIpc) is 2.69. The largest absolute Gasteiger partial charge is 0.198 e. The summed E-state index contributed by atoms with van der Waals surface area (Å²) >= 11 is 0. The number of hydrogen-bond donors (Lipinski definition) is 0. The van der Waals surface area contributed by atoms with Gasteiger partial charge in [-0.05, 0) is 100 Å². The monoisotopic (exact) mass is 343 g/mol. The van der Waals surface area contributed by atoms with Gasteiger partial charge in [-0.15, -0.1) is 0 Å². The van der Waals surface area contributed by atoms with E-state index in [-0.39, 0.29) is 5.41 Å². The van der Waals surface area contributed by atoms with E-state index in [4.69, 9.17) is 0 Å². The van der Waals surface area contributed by atoms with Gasteiger partial charge in [0.15, 0.2) is 0 Å². The predicted molar refractivity (Wildman–Crippen MR) is 106 cm³/mol. The molecule has 0 aromatic rings. The van der Waals surface area contributed by atoms with Crippen molar-refractivity contribution in [2.45, 2.75) is 110 Å². The van der Waals surface area contributed by atoms with Crippen molar-refractivity contribution >= 4 is 0 Å². The zero-order chi connectivity index (χ0) is 17.7.